The number of aryl methyl sites for hydroxylation is 8. The maximum atomic E-state index is 2.89. The van der Waals surface area contributed by atoms with Crippen LogP contribution in [0.15, 0.2) is 169 Å². The van der Waals surface area contributed by atoms with Gasteiger partial charge >= 0.3 is 438 Å². The van der Waals surface area contributed by atoms with Crippen molar-refractivity contribution in [2.75, 3.05) is 0 Å². The van der Waals surface area contributed by atoms with E-state index in [1.807, 2.05) is 0 Å². The van der Waals surface area contributed by atoms with Gasteiger partial charge in [0.2, 0.25) is 0 Å². The Balaban J connectivity index is 0.00000364. The molecule has 0 saturated carbocycles. The van der Waals surface area contributed by atoms with Gasteiger partial charge in [-0.3, -0.25) is 0 Å². The predicted octanol–water partition coefficient (Wildman–Crippen LogP) is 20.0. The fourth-order valence-corrected chi connectivity index (χ4v) is 33.3. The van der Waals surface area contributed by atoms with E-state index in [0.29, 0.717) is 11.8 Å². The van der Waals surface area contributed by atoms with Crippen LogP contribution in [-0.4, -0.2) is 6.88 Å². The van der Waals surface area contributed by atoms with Crippen molar-refractivity contribution in [2.45, 2.75) is 110 Å². The first-order valence-electron chi connectivity index (χ1n) is 26.6. The third kappa shape index (κ3) is 10.7. The Labute approximate surface area is 459 Å². The Morgan fingerprint density at radius 2 is 0.635 bits per heavy atom. The van der Waals surface area contributed by atoms with Crippen LogP contribution < -0.4 is 0 Å². The standard InChI is InChI=1S/2C34H33.2CH3.2ClH.H2Si.Zr/c2*1-22-13-23(2)16-29(15-22)31-11-12-32(30-17-24(3)14-25(4)18-30)34-21-27(20-33(31)34)19-26(5)28-9-7-6-8-10-28;;;;;;/h2*6-18,20-21,26H,19H2,1-5H3;2*1H3;2*1H;1H2;. The number of benzene rings is 8. The average molecular weight is 1110 g/mol. The van der Waals surface area contributed by atoms with Gasteiger partial charge in [-0.1, -0.05) is 0 Å². The van der Waals surface area contributed by atoms with Crippen molar-refractivity contribution in [2.24, 2.45) is 0 Å². The normalized spacial score (nSPS) is 15.8. The van der Waals surface area contributed by atoms with Gasteiger partial charge in [0, 0.05) is 0 Å². The van der Waals surface area contributed by atoms with Crippen LogP contribution in [0.1, 0.15) is 124 Å². The van der Waals surface area contributed by atoms with Crippen molar-refractivity contribution < 1.29 is 17.4 Å². The summed E-state index contributed by atoms with van der Waals surface area (Å²) in [5, 5.41) is 0. The first kappa shape index (κ1) is 55.2. The fraction of sp³-hybridized carbons (Fsp3) is 0.257. The van der Waals surface area contributed by atoms with E-state index in [4.69, 9.17) is 0 Å². The summed E-state index contributed by atoms with van der Waals surface area (Å²) in [5.74, 6) is 0.701. The number of halogens is 2. The summed E-state index contributed by atoms with van der Waals surface area (Å²) in [6.45, 7) is 25.6. The zero-order chi connectivity index (χ0) is 50.8. The Kier molecular flexibility index (Phi) is 16.0. The number of hydrogen-bond acceptors (Lipinski definition) is 0. The Morgan fingerprint density at radius 3 is 0.919 bits per heavy atom. The van der Waals surface area contributed by atoms with Crippen molar-refractivity contribution >= 4 is 43.8 Å². The fourth-order valence-electron chi connectivity index (χ4n) is 13.8. The van der Waals surface area contributed by atoms with Crippen LogP contribution in [0.5, 0.6) is 0 Å². The van der Waals surface area contributed by atoms with Gasteiger partial charge in [-0.05, 0) is 0 Å². The molecule has 0 saturated heterocycles. The molecule has 4 unspecified atom stereocenters. The molecule has 0 radical (unpaired) electrons. The monoisotopic (exact) mass is 1100 g/mol. The second-order valence-corrected chi connectivity index (χ2v) is 54.2. The van der Waals surface area contributed by atoms with E-state index < -0.39 is 17.4 Å². The van der Waals surface area contributed by atoms with E-state index in [2.05, 4.69) is 255 Å². The minimum absolute atomic E-state index is 0. The molecule has 0 fully saturated rings. The van der Waals surface area contributed by atoms with E-state index in [1.165, 1.54) is 111 Å². The van der Waals surface area contributed by atoms with E-state index in [1.54, 1.807) is 22.3 Å². The molecule has 0 spiro atoms. The van der Waals surface area contributed by atoms with Crippen LogP contribution in [0.2, 0.25) is 9.26 Å². The van der Waals surface area contributed by atoms with Crippen molar-refractivity contribution in [3.05, 3.63) is 247 Å². The number of fused-ring (bicyclic) bond motifs is 2. The van der Waals surface area contributed by atoms with Crippen molar-refractivity contribution in [1.82, 2.24) is 0 Å². The molecule has 0 nitrogen and oxygen atoms in total. The molecule has 8 aromatic rings. The first-order chi connectivity index (χ1) is 34.3. The third-order valence-electron chi connectivity index (χ3n) is 16.4. The predicted molar refractivity (Wildman–Crippen MR) is 328 cm³/mol. The molecule has 2 aliphatic carbocycles. The van der Waals surface area contributed by atoms with Gasteiger partial charge in [-0.2, -0.15) is 0 Å². The second kappa shape index (κ2) is 21.5. The summed E-state index contributed by atoms with van der Waals surface area (Å²) in [5.41, 5.74) is 33.4. The smallest absolute Gasteiger partial charge is 0.147 e. The van der Waals surface area contributed by atoms with Crippen molar-refractivity contribution in [1.29, 1.82) is 0 Å². The SMILES string of the molecule is Cc1cc(C)cc(-c2ccc(-c3cc(C)cc(C)c3)c3c2C=C(CC(C)c2ccccc2)[CH]3[Zr]([CH3])([CH3])(=[SiH2])[CH]2C(CC(C)c3ccccc3)=Cc3c(-c4cc(C)cc(C)c4)ccc(-c4cc(C)cc(C)c4)c32)c1.Cl.Cl. The van der Waals surface area contributed by atoms with E-state index >= 15 is 0 Å². The molecular weight excluding hydrogens is 1030 g/mol. The molecule has 0 N–H and O–H groups in total. The Bertz CT molecular complexity index is 3260. The first-order valence-corrected chi connectivity index (χ1v) is 40.2. The largest absolute Gasteiger partial charge is 0.147 e. The number of hydrogen-bond donors (Lipinski definition) is 0. The molecule has 0 aliphatic heterocycles. The van der Waals surface area contributed by atoms with E-state index in [-0.39, 0.29) is 32.1 Å². The number of allylic oxidation sites excluding steroid dienone is 2. The maximum absolute atomic E-state index is 4.53. The Hall–Kier alpha value is -5.08. The maximum Gasteiger partial charge on any atom is -0.147 e. The minimum atomic E-state index is -4.53. The molecule has 8 aromatic carbocycles. The number of rotatable bonds is 12. The molecule has 2 aliphatic rings. The zero-order valence-electron chi connectivity index (χ0n) is 45.9. The minimum Gasteiger partial charge on any atom is -0.147 e. The molecular formula is C70H76Cl2SiZr. The van der Waals surface area contributed by atoms with Gasteiger partial charge in [-0.25, -0.2) is 0 Å². The van der Waals surface area contributed by atoms with Crippen molar-refractivity contribution in [3.63, 3.8) is 0 Å². The zero-order valence-corrected chi connectivity index (χ0v) is 51.4. The van der Waals surface area contributed by atoms with Crippen LogP contribution in [0.4, 0.5) is 0 Å². The van der Waals surface area contributed by atoms with Crippen molar-refractivity contribution in [3.8, 4) is 44.5 Å². The van der Waals surface area contributed by atoms with Gasteiger partial charge in [-0.15, -0.1) is 24.8 Å². The molecule has 74 heavy (non-hydrogen) atoms. The molecule has 4 heteroatoms. The summed E-state index contributed by atoms with van der Waals surface area (Å²) in [7, 11) is 0. The molecule has 378 valence electrons. The van der Waals surface area contributed by atoms with Crippen LogP contribution >= 0.6 is 24.8 Å². The molecule has 0 amide bonds. The van der Waals surface area contributed by atoms with E-state index in [9.17, 15) is 0 Å². The third-order valence-corrected chi connectivity index (χ3v) is 33.8. The molecule has 0 heterocycles. The van der Waals surface area contributed by atoms with Crippen LogP contribution in [0.25, 0.3) is 56.7 Å². The van der Waals surface area contributed by atoms with Crippen LogP contribution in [0, 0.1) is 55.4 Å². The van der Waals surface area contributed by atoms with Crippen LogP contribution in [0.3, 0.4) is 0 Å². The topological polar surface area (TPSA) is 0 Å². The summed E-state index contributed by atoms with van der Waals surface area (Å²) >= 11 is -4.53. The van der Waals surface area contributed by atoms with E-state index in [0.717, 1.165) is 12.8 Å². The van der Waals surface area contributed by atoms with Gasteiger partial charge in [0.1, 0.15) is 0 Å². The summed E-state index contributed by atoms with van der Waals surface area (Å²) in [6, 6.07) is 61.5. The van der Waals surface area contributed by atoms with Gasteiger partial charge in [0.25, 0.3) is 0 Å². The van der Waals surface area contributed by atoms with Gasteiger partial charge < -0.3 is 0 Å². The summed E-state index contributed by atoms with van der Waals surface area (Å²) < 4.78 is 6.34. The molecule has 0 aromatic heterocycles. The molecule has 0 bridgehead atoms. The van der Waals surface area contributed by atoms with Gasteiger partial charge in [0.05, 0.1) is 0 Å². The van der Waals surface area contributed by atoms with Gasteiger partial charge in [0.15, 0.2) is 0 Å². The second-order valence-electron chi connectivity index (χ2n) is 23.8. The summed E-state index contributed by atoms with van der Waals surface area (Å²) in [6.07, 6.45) is 7.49. The van der Waals surface area contributed by atoms with Crippen LogP contribution in [-0.2, 0) is 17.4 Å². The Morgan fingerprint density at radius 1 is 0.378 bits per heavy atom. The molecule has 4 atom stereocenters. The molecule has 10 rings (SSSR count). The average Bonchev–Trinajstić information content (AvgIpc) is 3.90. The quantitative estimate of drug-likeness (QED) is 0.107. The summed E-state index contributed by atoms with van der Waals surface area (Å²) in [4.78, 5) is 0.